The second-order valence-electron chi connectivity index (χ2n) is 7.60. The van der Waals surface area contributed by atoms with Crippen LogP contribution in [0, 0.1) is 6.92 Å². The van der Waals surface area contributed by atoms with Gasteiger partial charge < -0.3 is 9.67 Å². The van der Waals surface area contributed by atoms with Gasteiger partial charge in [0, 0.05) is 16.9 Å². The van der Waals surface area contributed by atoms with E-state index in [0.717, 1.165) is 29.8 Å². The normalized spacial score (nSPS) is 12.3. The molecular weight excluding hydrogens is 358 g/mol. The maximum atomic E-state index is 11.6. The number of benzene rings is 3. The lowest BCUT2D eigenvalue weighted by atomic mass is 9.90. The zero-order valence-electron chi connectivity index (χ0n) is 16.2. The number of hydrogen-bond acceptors (Lipinski definition) is 1. The van der Waals surface area contributed by atoms with Gasteiger partial charge in [0.05, 0.1) is 11.3 Å². The van der Waals surface area contributed by atoms with Crippen LogP contribution in [-0.2, 0) is 12.8 Å². The van der Waals surface area contributed by atoms with Crippen molar-refractivity contribution in [3.8, 4) is 28.1 Å². The van der Waals surface area contributed by atoms with Crippen LogP contribution in [0.1, 0.15) is 27.2 Å². The Morgan fingerprint density at radius 1 is 0.862 bits per heavy atom. The maximum absolute atomic E-state index is 11.6. The van der Waals surface area contributed by atoms with E-state index in [1.165, 1.54) is 27.9 Å². The zero-order valence-corrected chi connectivity index (χ0v) is 16.2. The van der Waals surface area contributed by atoms with Crippen molar-refractivity contribution >= 4 is 5.97 Å². The average molecular weight is 379 g/mol. The summed E-state index contributed by atoms with van der Waals surface area (Å²) in [6, 6.07) is 26.6. The van der Waals surface area contributed by atoms with Crippen LogP contribution in [0.3, 0.4) is 0 Å². The number of aromatic carboxylic acids is 1. The lowest BCUT2D eigenvalue weighted by Crippen LogP contribution is -2.09. The molecule has 1 aliphatic rings. The van der Waals surface area contributed by atoms with Crippen molar-refractivity contribution in [2.45, 2.75) is 19.8 Å². The molecule has 4 aromatic rings. The number of carboxylic acids is 1. The van der Waals surface area contributed by atoms with Gasteiger partial charge in [-0.15, -0.1) is 0 Å². The van der Waals surface area contributed by atoms with Crippen LogP contribution in [0.4, 0.5) is 0 Å². The molecule has 3 nitrogen and oxygen atoms in total. The van der Waals surface area contributed by atoms with E-state index >= 15 is 0 Å². The number of fused-ring (bicyclic) bond motifs is 3. The first-order valence-electron chi connectivity index (χ1n) is 9.85. The fourth-order valence-corrected chi connectivity index (χ4v) is 4.29. The predicted molar refractivity (Wildman–Crippen MR) is 116 cm³/mol. The van der Waals surface area contributed by atoms with Crippen LogP contribution < -0.4 is 0 Å². The van der Waals surface area contributed by atoms with Gasteiger partial charge in [0.15, 0.2) is 0 Å². The predicted octanol–water partition coefficient (Wildman–Crippen LogP) is 5.92. The van der Waals surface area contributed by atoms with Gasteiger partial charge in [-0.05, 0) is 60.7 Å². The van der Waals surface area contributed by atoms with Gasteiger partial charge in [-0.3, -0.25) is 0 Å². The Morgan fingerprint density at radius 2 is 1.66 bits per heavy atom. The van der Waals surface area contributed by atoms with Crippen LogP contribution in [0.15, 0.2) is 78.9 Å². The van der Waals surface area contributed by atoms with Crippen LogP contribution in [0.5, 0.6) is 0 Å². The summed E-state index contributed by atoms with van der Waals surface area (Å²) < 4.78 is 2.24. The Bertz CT molecular complexity index is 1230. The number of hydrogen-bond donors (Lipinski definition) is 1. The summed E-state index contributed by atoms with van der Waals surface area (Å²) in [5.41, 5.74) is 9.75. The summed E-state index contributed by atoms with van der Waals surface area (Å²) in [5, 5.41) is 9.48. The van der Waals surface area contributed by atoms with Gasteiger partial charge in [-0.1, -0.05) is 60.2 Å². The first-order chi connectivity index (χ1) is 14.1. The molecule has 0 bridgehead atoms. The highest BCUT2D eigenvalue weighted by Gasteiger charge is 2.24. The molecule has 0 amide bonds. The van der Waals surface area contributed by atoms with Crippen molar-refractivity contribution in [3.05, 3.63) is 101 Å². The molecule has 3 heteroatoms. The Labute approximate surface area is 169 Å². The molecule has 0 aliphatic heterocycles. The molecule has 1 heterocycles. The Morgan fingerprint density at radius 3 is 2.45 bits per heavy atom. The van der Waals surface area contributed by atoms with Crippen molar-refractivity contribution < 1.29 is 9.90 Å². The van der Waals surface area contributed by atoms with E-state index in [0.29, 0.717) is 5.56 Å². The second-order valence-corrected chi connectivity index (χ2v) is 7.60. The number of nitrogens with zero attached hydrogens (tertiary/aromatic N) is 1. The summed E-state index contributed by atoms with van der Waals surface area (Å²) in [6.45, 7) is 2.08. The second kappa shape index (κ2) is 6.78. The van der Waals surface area contributed by atoms with Crippen molar-refractivity contribution in [1.29, 1.82) is 0 Å². The molecule has 0 spiro atoms. The number of aryl methyl sites for hydroxylation is 2. The highest BCUT2D eigenvalue weighted by atomic mass is 16.4. The molecule has 29 heavy (non-hydrogen) atoms. The van der Waals surface area contributed by atoms with Crippen molar-refractivity contribution in [2.24, 2.45) is 0 Å². The highest BCUT2D eigenvalue weighted by Crippen LogP contribution is 2.40. The smallest absolute Gasteiger partial charge is 0.335 e. The van der Waals surface area contributed by atoms with Gasteiger partial charge in [-0.2, -0.15) is 0 Å². The number of rotatable bonds is 3. The molecule has 0 atom stereocenters. The molecule has 0 unspecified atom stereocenters. The SMILES string of the molecule is Cc1ccc(-c2cc3c(n2-c2cccc(C(=O)O)c2)CCc2ccccc2-3)cc1. The van der Waals surface area contributed by atoms with Crippen LogP contribution >= 0.6 is 0 Å². The van der Waals surface area contributed by atoms with E-state index in [1.807, 2.05) is 12.1 Å². The van der Waals surface area contributed by atoms with Gasteiger partial charge in [0.2, 0.25) is 0 Å². The summed E-state index contributed by atoms with van der Waals surface area (Å²) in [6.07, 6.45) is 1.91. The molecule has 3 aromatic carbocycles. The molecular formula is C26H21NO2. The third-order valence-corrected chi connectivity index (χ3v) is 5.74. The van der Waals surface area contributed by atoms with E-state index in [4.69, 9.17) is 0 Å². The van der Waals surface area contributed by atoms with Crippen LogP contribution in [-0.4, -0.2) is 15.6 Å². The van der Waals surface area contributed by atoms with Gasteiger partial charge in [0.1, 0.15) is 0 Å². The largest absolute Gasteiger partial charge is 0.478 e. The number of carboxylic acid groups (broad SMARTS) is 1. The van der Waals surface area contributed by atoms with Crippen molar-refractivity contribution in [1.82, 2.24) is 4.57 Å². The first kappa shape index (κ1) is 17.5. The van der Waals surface area contributed by atoms with Crippen molar-refractivity contribution in [3.63, 3.8) is 0 Å². The summed E-state index contributed by atoms with van der Waals surface area (Å²) in [7, 11) is 0. The van der Waals surface area contributed by atoms with E-state index < -0.39 is 5.97 Å². The molecule has 1 N–H and O–H groups in total. The van der Waals surface area contributed by atoms with Crippen LogP contribution in [0.25, 0.3) is 28.1 Å². The minimum atomic E-state index is -0.907. The third kappa shape index (κ3) is 2.95. The van der Waals surface area contributed by atoms with Crippen molar-refractivity contribution in [2.75, 3.05) is 0 Å². The molecule has 1 aromatic heterocycles. The maximum Gasteiger partial charge on any atom is 0.335 e. The zero-order chi connectivity index (χ0) is 20.0. The van der Waals surface area contributed by atoms with Gasteiger partial charge in [0.25, 0.3) is 0 Å². The molecule has 0 saturated heterocycles. The van der Waals surface area contributed by atoms with Crippen LogP contribution in [0.2, 0.25) is 0 Å². The summed E-state index contributed by atoms with van der Waals surface area (Å²) >= 11 is 0. The lowest BCUT2D eigenvalue weighted by molar-refractivity contribution is 0.0697. The number of aromatic nitrogens is 1. The molecule has 1 aliphatic carbocycles. The quantitative estimate of drug-likeness (QED) is 0.480. The summed E-state index contributed by atoms with van der Waals surface area (Å²) in [4.78, 5) is 11.6. The monoisotopic (exact) mass is 379 g/mol. The number of carbonyl (C=O) groups is 1. The molecule has 142 valence electrons. The minimum Gasteiger partial charge on any atom is -0.478 e. The van der Waals surface area contributed by atoms with Gasteiger partial charge in [-0.25, -0.2) is 4.79 Å². The lowest BCUT2D eigenvalue weighted by Gasteiger charge is -2.20. The fraction of sp³-hybridized carbons (Fsp3) is 0.115. The summed E-state index contributed by atoms with van der Waals surface area (Å²) in [5.74, 6) is -0.907. The fourth-order valence-electron chi connectivity index (χ4n) is 4.29. The minimum absolute atomic E-state index is 0.302. The molecule has 0 saturated carbocycles. The Kier molecular flexibility index (Phi) is 4.09. The Balaban J connectivity index is 1.79. The van der Waals surface area contributed by atoms with E-state index in [1.54, 1.807) is 12.1 Å². The van der Waals surface area contributed by atoms with E-state index in [2.05, 4.69) is 66.1 Å². The highest BCUT2D eigenvalue weighted by molar-refractivity contribution is 5.88. The van der Waals surface area contributed by atoms with Gasteiger partial charge >= 0.3 is 5.97 Å². The topological polar surface area (TPSA) is 42.2 Å². The van der Waals surface area contributed by atoms with E-state index in [9.17, 15) is 9.90 Å². The molecule has 5 rings (SSSR count). The Hall–Kier alpha value is -3.59. The molecule has 0 radical (unpaired) electrons. The standard InChI is InChI=1S/C26H21NO2/c1-17-9-11-19(12-10-17)25-16-23-22-8-3-2-5-18(22)13-14-24(23)27(25)21-7-4-6-20(15-21)26(28)29/h2-12,15-16H,13-14H2,1H3,(H,28,29). The molecule has 0 fully saturated rings. The first-order valence-corrected chi connectivity index (χ1v) is 9.85. The average Bonchev–Trinajstić information content (AvgIpc) is 3.14. The van der Waals surface area contributed by atoms with E-state index in [-0.39, 0.29) is 0 Å². The third-order valence-electron chi connectivity index (χ3n) is 5.74.